The van der Waals surface area contributed by atoms with Gasteiger partial charge in [-0.2, -0.15) is 0 Å². The van der Waals surface area contributed by atoms with Crippen molar-refractivity contribution in [3.8, 4) is 0 Å². The molecule has 0 aromatic heterocycles. The molecule has 1 fully saturated rings. The molecule has 0 spiro atoms. The van der Waals surface area contributed by atoms with Gasteiger partial charge >= 0.3 is 6.03 Å². The van der Waals surface area contributed by atoms with Gasteiger partial charge in [0.15, 0.2) is 9.84 Å². The van der Waals surface area contributed by atoms with Crippen LogP contribution in [0.2, 0.25) is 0 Å². The molecule has 2 aromatic carbocycles. The quantitative estimate of drug-likeness (QED) is 0.855. The zero-order valence-electron chi connectivity index (χ0n) is 16.6. The first-order chi connectivity index (χ1) is 13.2. The van der Waals surface area contributed by atoms with Crippen LogP contribution in [-0.2, 0) is 9.84 Å². The Bertz CT molecular complexity index is 934. The third-order valence-corrected chi connectivity index (χ3v) is 6.21. The predicted octanol–water partition coefficient (Wildman–Crippen LogP) is 2.99. The first-order valence-electron chi connectivity index (χ1n) is 9.41. The summed E-state index contributed by atoms with van der Waals surface area (Å²) in [5.41, 5.74) is 3.30. The van der Waals surface area contributed by atoms with Gasteiger partial charge in [0.25, 0.3) is 0 Å². The van der Waals surface area contributed by atoms with E-state index in [9.17, 15) is 13.2 Å². The van der Waals surface area contributed by atoms with Gasteiger partial charge < -0.3 is 15.1 Å². The van der Waals surface area contributed by atoms with Crippen LogP contribution in [0.25, 0.3) is 0 Å². The predicted molar refractivity (Wildman–Crippen MR) is 111 cm³/mol. The molecule has 150 valence electrons. The number of aryl methyl sites for hydroxylation is 1. The molecular weight excluding hydrogens is 374 g/mol. The minimum absolute atomic E-state index is 0.0939. The number of nitrogens with one attached hydrogen (secondary N) is 1. The van der Waals surface area contributed by atoms with Gasteiger partial charge in [-0.3, -0.25) is 0 Å². The lowest BCUT2D eigenvalue weighted by molar-refractivity contribution is 0.191. The third kappa shape index (κ3) is 4.84. The molecule has 3 rings (SSSR count). The summed E-state index contributed by atoms with van der Waals surface area (Å²) in [6.07, 6.45) is 1.18. The molecule has 0 bridgehead atoms. The van der Waals surface area contributed by atoms with Gasteiger partial charge in [-0.25, -0.2) is 13.2 Å². The second-order valence-corrected chi connectivity index (χ2v) is 9.34. The number of carbonyl (C=O) groups is 1. The highest BCUT2D eigenvalue weighted by Crippen LogP contribution is 2.19. The molecule has 0 radical (unpaired) electrons. The van der Waals surface area contributed by atoms with Crippen molar-refractivity contribution in [3.63, 3.8) is 0 Å². The van der Waals surface area contributed by atoms with Gasteiger partial charge in [-0.1, -0.05) is 24.3 Å². The fourth-order valence-electron chi connectivity index (χ4n) is 3.36. The molecule has 2 aromatic rings. The Morgan fingerprint density at radius 3 is 2.25 bits per heavy atom. The maximum atomic E-state index is 12.6. The van der Waals surface area contributed by atoms with E-state index in [1.54, 1.807) is 24.3 Å². The van der Waals surface area contributed by atoms with Gasteiger partial charge in [0, 0.05) is 38.1 Å². The van der Waals surface area contributed by atoms with Crippen molar-refractivity contribution < 1.29 is 13.2 Å². The summed E-state index contributed by atoms with van der Waals surface area (Å²) in [5, 5.41) is 3.01. The van der Waals surface area contributed by atoms with Crippen LogP contribution in [0.15, 0.2) is 53.4 Å². The van der Waals surface area contributed by atoms with E-state index in [0.29, 0.717) is 13.1 Å². The SMILES string of the molecule is Cc1cccc(N2CCN(C(=O)NC(C)c3ccc(S(C)(=O)=O)cc3)CC2)c1. The molecule has 1 heterocycles. The van der Waals surface area contributed by atoms with Crippen LogP contribution in [0.1, 0.15) is 24.1 Å². The summed E-state index contributed by atoms with van der Waals surface area (Å²) in [5.74, 6) is 0. The van der Waals surface area contributed by atoms with Crippen molar-refractivity contribution >= 4 is 21.6 Å². The van der Waals surface area contributed by atoms with Crippen LogP contribution in [0, 0.1) is 6.92 Å². The number of sulfone groups is 1. The summed E-state index contributed by atoms with van der Waals surface area (Å²) in [6, 6.07) is 14.8. The van der Waals surface area contributed by atoms with Crippen LogP contribution >= 0.6 is 0 Å². The zero-order chi connectivity index (χ0) is 20.3. The summed E-state index contributed by atoms with van der Waals surface area (Å²) in [4.78, 5) is 17.0. The number of amides is 2. The highest BCUT2D eigenvalue weighted by molar-refractivity contribution is 7.90. The van der Waals surface area contributed by atoms with E-state index in [4.69, 9.17) is 0 Å². The number of rotatable bonds is 4. The second-order valence-electron chi connectivity index (χ2n) is 7.33. The minimum atomic E-state index is -3.22. The number of anilines is 1. The van der Waals surface area contributed by atoms with Crippen LogP contribution in [-0.4, -0.2) is 51.8 Å². The van der Waals surface area contributed by atoms with Crippen LogP contribution in [0.5, 0.6) is 0 Å². The normalized spacial score (nSPS) is 16.0. The Morgan fingerprint density at radius 1 is 1.04 bits per heavy atom. The van der Waals surface area contributed by atoms with E-state index in [1.807, 2.05) is 11.8 Å². The van der Waals surface area contributed by atoms with Gasteiger partial charge in [0.2, 0.25) is 0 Å². The van der Waals surface area contributed by atoms with Crippen LogP contribution in [0.4, 0.5) is 10.5 Å². The van der Waals surface area contributed by atoms with Crippen molar-refractivity contribution in [2.75, 3.05) is 37.3 Å². The largest absolute Gasteiger partial charge is 0.368 e. The van der Waals surface area contributed by atoms with E-state index in [1.165, 1.54) is 17.5 Å². The Morgan fingerprint density at radius 2 is 1.68 bits per heavy atom. The maximum Gasteiger partial charge on any atom is 0.317 e. The number of urea groups is 1. The van der Waals surface area contributed by atoms with Crippen molar-refractivity contribution in [2.24, 2.45) is 0 Å². The molecule has 1 aliphatic rings. The topological polar surface area (TPSA) is 69.7 Å². The second kappa shape index (κ2) is 8.22. The molecule has 1 saturated heterocycles. The monoisotopic (exact) mass is 401 g/mol. The molecular formula is C21H27N3O3S. The summed E-state index contributed by atoms with van der Waals surface area (Å²) in [6.45, 7) is 6.91. The van der Waals surface area contributed by atoms with E-state index < -0.39 is 9.84 Å². The average molecular weight is 402 g/mol. The third-order valence-electron chi connectivity index (χ3n) is 5.08. The Hall–Kier alpha value is -2.54. The standard InChI is InChI=1S/C21H27N3O3S/c1-16-5-4-6-19(15-16)23-11-13-24(14-12-23)21(25)22-17(2)18-7-9-20(10-8-18)28(3,26)27/h4-10,15,17H,11-14H2,1-3H3,(H,22,25). The number of carbonyl (C=O) groups excluding carboxylic acids is 1. The maximum absolute atomic E-state index is 12.6. The Kier molecular flexibility index (Phi) is 5.93. The molecule has 0 saturated carbocycles. The first-order valence-corrected chi connectivity index (χ1v) is 11.3. The molecule has 1 aliphatic heterocycles. The Balaban J connectivity index is 1.55. The highest BCUT2D eigenvalue weighted by atomic mass is 32.2. The first kappa shape index (κ1) is 20.2. The summed E-state index contributed by atoms with van der Waals surface area (Å²) in [7, 11) is -3.22. The zero-order valence-corrected chi connectivity index (χ0v) is 17.4. The van der Waals surface area contributed by atoms with E-state index in [-0.39, 0.29) is 17.0 Å². The van der Waals surface area contributed by atoms with Gasteiger partial charge in [-0.15, -0.1) is 0 Å². The molecule has 28 heavy (non-hydrogen) atoms. The van der Waals surface area contributed by atoms with Crippen molar-refractivity contribution in [1.82, 2.24) is 10.2 Å². The number of hydrogen-bond acceptors (Lipinski definition) is 4. The van der Waals surface area contributed by atoms with E-state index in [2.05, 4.69) is 41.4 Å². The van der Waals surface area contributed by atoms with Crippen LogP contribution < -0.4 is 10.2 Å². The molecule has 7 heteroatoms. The molecule has 6 nitrogen and oxygen atoms in total. The fraction of sp³-hybridized carbons (Fsp3) is 0.381. The van der Waals surface area contributed by atoms with Crippen LogP contribution in [0.3, 0.4) is 0 Å². The number of hydrogen-bond donors (Lipinski definition) is 1. The number of benzene rings is 2. The lowest BCUT2D eigenvalue weighted by Crippen LogP contribution is -2.52. The average Bonchev–Trinajstić information content (AvgIpc) is 2.67. The van der Waals surface area contributed by atoms with E-state index in [0.717, 1.165) is 18.7 Å². The number of nitrogens with zero attached hydrogens (tertiary/aromatic N) is 2. The lowest BCUT2D eigenvalue weighted by atomic mass is 10.1. The molecule has 0 aliphatic carbocycles. The minimum Gasteiger partial charge on any atom is -0.368 e. The summed E-state index contributed by atoms with van der Waals surface area (Å²) >= 11 is 0. The van der Waals surface area contributed by atoms with Crippen molar-refractivity contribution in [2.45, 2.75) is 24.8 Å². The lowest BCUT2D eigenvalue weighted by Gasteiger charge is -2.36. The van der Waals surface area contributed by atoms with Crippen molar-refractivity contribution in [1.29, 1.82) is 0 Å². The number of piperazine rings is 1. The smallest absolute Gasteiger partial charge is 0.317 e. The fourth-order valence-corrected chi connectivity index (χ4v) is 3.99. The molecule has 1 unspecified atom stereocenters. The van der Waals surface area contributed by atoms with E-state index >= 15 is 0 Å². The highest BCUT2D eigenvalue weighted by Gasteiger charge is 2.22. The summed E-state index contributed by atoms with van der Waals surface area (Å²) < 4.78 is 23.1. The molecule has 2 amide bonds. The van der Waals surface area contributed by atoms with Gasteiger partial charge in [0.05, 0.1) is 10.9 Å². The Labute approximate surface area is 167 Å². The molecule has 1 N–H and O–H groups in total. The van der Waals surface area contributed by atoms with Crippen molar-refractivity contribution in [3.05, 3.63) is 59.7 Å². The molecule has 1 atom stereocenters. The van der Waals surface area contributed by atoms with Gasteiger partial charge in [0.1, 0.15) is 0 Å². The van der Waals surface area contributed by atoms with Gasteiger partial charge in [-0.05, 0) is 49.2 Å².